The second-order valence-corrected chi connectivity index (χ2v) is 4.16. The highest BCUT2D eigenvalue weighted by atomic mass is 16.5. The summed E-state index contributed by atoms with van der Waals surface area (Å²) in [6.07, 6.45) is 1.99. The number of benzene rings is 1. The van der Waals surface area contributed by atoms with E-state index in [0.717, 1.165) is 44.7 Å². The molecule has 0 atom stereocenters. The minimum absolute atomic E-state index is 0.416. The Hall–Kier alpha value is -1.22. The molecule has 2 rings (SSSR count). The van der Waals surface area contributed by atoms with Crippen molar-refractivity contribution in [2.45, 2.75) is 19.8 Å². The van der Waals surface area contributed by atoms with Crippen molar-refractivity contribution >= 4 is 5.69 Å². The average molecular weight is 221 g/mol. The number of aromatic hydroxyl groups is 1. The van der Waals surface area contributed by atoms with Crippen molar-refractivity contribution in [3.05, 3.63) is 23.8 Å². The van der Waals surface area contributed by atoms with E-state index < -0.39 is 0 Å². The molecule has 1 saturated heterocycles. The van der Waals surface area contributed by atoms with Gasteiger partial charge in [0.05, 0.1) is 13.2 Å². The maximum atomic E-state index is 9.72. The van der Waals surface area contributed by atoms with Crippen molar-refractivity contribution in [2.24, 2.45) is 0 Å². The lowest BCUT2D eigenvalue weighted by Crippen LogP contribution is -2.36. The van der Waals surface area contributed by atoms with E-state index in [-0.39, 0.29) is 0 Å². The van der Waals surface area contributed by atoms with E-state index in [2.05, 4.69) is 17.9 Å². The Morgan fingerprint density at radius 3 is 2.75 bits per heavy atom. The molecule has 3 nitrogen and oxygen atoms in total. The molecule has 1 aromatic rings. The molecule has 16 heavy (non-hydrogen) atoms. The Kier molecular flexibility index (Phi) is 3.67. The number of aryl methyl sites for hydroxylation is 1. The molecular weight excluding hydrogens is 202 g/mol. The van der Waals surface area contributed by atoms with Gasteiger partial charge in [0.2, 0.25) is 0 Å². The Balaban J connectivity index is 2.17. The van der Waals surface area contributed by atoms with Crippen LogP contribution in [0.3, 0.4) is 0 Å². The van der Waals surface area contributed by atoms with Gasteiger partial charge in [-0.3, -0.25) is 0 Å². The quantitative estimate of drug-likeness (QED) is 0.849. The predicted octanol–water partition coefficient (Wildman–Crippen LogP) is 2.18. The molecule has 0 aromatic heterocycles. The van der Waals surface area contributed by atoms with E-state index in [1.807, 2.05) is 6.07 Å². The normalized spacial score (nSPS) is 16.4. The Morgan fingerprint density at radius 2 is 2.06 bits per heavy atom. The van der Waals surface area contributed by atoms with E-state index in [1.54, 1.807) is 6.07 Å². The summed E-state index contributed by atoms with van der Waals surface area (Å²) in [5.41, 5.74) is 2.25. The minimum Gasteiger partial charge on any atom is -0.508 e. The van der Waals surface area contributed by atoms with Gasteiger partial charge < -0.3 is 14.7 Å². The highest BCUT2D eigenvalue weighted by Gasteiger charge is 2.12. The van der Waals surface area contributed by atoms with Crippen LogP contribution in [-0.2, 0) is 11.2 Å². The molecule has 1 aromatic carbocycles. The number of anilines is 1. The SMILES string of the molecule is CCCc1cc(N2CCOCC2)ccc1O. The molecule has 0 saturated carbocycles. The van der Waals surface area contributed by atoms with Crippen molar-refractivity contribution < 1.29 is 9.84 Å². The first-order valence-corrected chi connectivity index (χ1v) is 5.96. The molecule has 0 spiro atoms. The fourth-order valence-electron chi connectivity index (χ4n) is 2.06. The molecule has 1 N–H and O–H groups in total. The molecule has 88 valence electrons. The number of phenols is 1. The molecule has 0 amide bonds. The number of phenolic OH excluding ortho intramolecular Hbond substituents is 1. The molecule has 1 heterocycles. The van der Waals surface area contributed by atoms with Crippen LogP contribution in [0.25, 0.3) is 0 Å². The van der Waals surface area contributed by atoms with Crippen LogP contribution in [-0.4, -0.2) is 31.4 Å². The summed E-state index contributed by atoms with van der Waals surface area (Å²) in [4.78, 5) is 2.31. The zero-order valence-corrected chi connectivity index (χ0v) is 9.78. The highest BCUT2D eigenvalue weighted by molar-refractivity contribution is 5.53. The van der Waals surface area contributed by atoms with Crippen LogP contribution in [0.5, 0.6) is 5.75 Å². The standard InChI is InChI=1S/C13H19NO2/c1-2-3-11-10-12(4-5-13(11)15)14-6-8-16-9-7-14/h4-5,10,15H,2-3,6-9H2,1H3. The average Bonchev–Trinajstić information content (AvgIpc) is 2.33. The zero-order chi connectivity index (χ0) is 11.4. The summed E-state index contributed by atoms with van der Waals surface area (Å²) >= 11 is 0. The van der Waals surface area contributed by atoms with Gasteiger partial charge in [0.25, 0.3) is 0 Å². The molecule has 3 heteroatoms. The van der Waals surface area contributed by atoms with Gasteiger partial charge in [0.15, 0.2) is 0 Å². The Bertz CT molecular complexity index is 346. The van der Waals surface area contributed by atoms with Crippen molar-refractivity contribution in [1.82, 2.24) is 0 Å². The van der Waals surface area contributed by atoms with Crippen molar-refractivity contribution in [2.75, 3.05) is 31.2 Å². The molecule has 0 radical (unpaired) electrons. The van der Waals surface area contributed by atoms with Crippen molar-refractivity contribution in [3.8, 4) is 5.75 Å². The third-order valence-electron chi connectivity index (χ3n) is 2.96. The van der Waals surface area contributed by atoms with Gasteiger partial charge in [0, 0.05) is 18.8 Å². The van der Waals surface area contributed by atoms with Crippen LogP contribution >= 0.6 is 0 Å². The van der Waals surface area contributed by atoms with Gasteiger partial charge in [-0.05, 0) is 30.2 Å². The van der Waals surface area contributed by atoms with Gasteiger partial charge in [0.1, 0.15) is 5.75 Å². The molecule has 0 unspecified atom stereocenters. The maximum Gasteiger partial charge on any atom is 0.118 e. The maximum absolute atomic E-state index is 9.72. The van der Waals surface area contributed by atoms with Gasteiger partial charge in [-0.15, -0.1) is 0 Å². The number of hydrogen-bond donors (Lipinski definition) is 1. The van der Waals surface area contributed by atoms with Crippen molar-refractivity contribution in [1.29, 1.82) is 0 Å². The van der Waals surface area contributed by atoms with E-state index in [9.17, 15) is 5.11 Å². The minimum atomic E-state index is 0.416. The van der Waals surface area contributed by atoms with Crippen LogP contribution in [0, 0.1) is 0 Å². The smallest absolute Gasteiger partial charge is 0.118 e. The lowest BCUT2D eigenvalue weighted by molar-refractivity contribution is 0.122. The third kappa shape index (κ3) is 2.47. The van der Waals surface area contributed by atoms with Crippen LogP contribution in [0.15, 0.2) is 18.2 Å². The summed E-state index contributed by atoms with van der Waals surface area (Å²) in [5.74, 6) is 0.416. The summed E-state index contributed by atoms with van der Waals surface area (Å²) in [6, 6.07) is 5.89. The predicted molar refractivity (Wildman–Crippen MR) is 65.1 cm³/mol. The Morgan fingerprint density at radius 1 is 1.31 bits per heavy atom. The van der Waals surface area contributed by atoms with Gasteiger partial charge >= 0.3 is 0 Å². The van der Waals surface area contributed by atoms with Crippen LogP contribution in [0.1, 0.15) is 18.9 Å². The molecule has 1 aliphatic heterocycles. The van der Waals surface area contributed by atoms with E-state index in [4.69, 9.17) is 4.74 Å². The van der Waals surface area contributed by atoms with E-state index in [0.29, 0.717) is 5.75 Å². The van der Waals surface area contributed by atoms with E-state index in [1.165, 1.54) is 5.69 Å². The number of rotatable bonds is 3. The Labute approximate surface area is 96.6 Å². The lowest BCUT2D eigenvalue weighted by atomic mass is 10.1. The number of hydrogen-bond acceptors (Lipinski definition) is 3. The third-order valence-corrected chi connectivity index (χ3v) is 2.96. The molecule has 1 fully saturated rings. The fourth-order valence-corrected chi connectivity index (χ4v) is 2.06. The topological polar surface area (TPSA) is 32.7 Å². The molecular formula is C13H19NO2. The summed E-state index contributed by atoms with van der Waals surface area (Å²) in [6.45, 7) is 5.60. The van der Waals surface area contributed by atoms with Crippen LogP contribution in [0.2, 0.25) is 0 Å². The number of nitrogens with zero attached hydrogens (tertiary/aromatic N) is 1. The first-order chi connectivity index (χ1) is 7.81. The van der Waals surface area contributed by atoms with Crippen molar-refractivity contribution in [3.63, 3.8) is 0 Å². The van der Waals surface area contributed by atoms with Crippen LogP contribution < -0.4 is 4.90 Å². The summed E-state index contributed by atoms with van der Waals surface area (Å²) in [7, 11) is 0. The molecule has 1 aliphatic rings. The van der Waals surface area contributed by atoms with E-state index >= 15 is 0 Å². The van der Waals surface area contributed by atoms with Crippen LogP contribution in [0.4, 0.5) is 5.69 Å². The molecule has 0 aliphatic carbocycles. The second kappa shape index (κ2) is 5.21. The zero-order valence-electron chi connectivity index (χ0n) is 9.78. The first kappa shape index (κ1) is 11.3. The highest BCUT2D eigenvalue weighted by Crippen LogP contribution is 2.25. The van der Waals surface area contributed by atoms with Gasteiger partial charge in [-0.1, -0.05) is 13.3 Å². The summed E-state index contributed by atoms with van der Waals surface area (Å²) in [5, 5.41) is 9.72. The number of ether oxygens (including phenoxy) is 1. The molecule has 0 bridgehead atoms. The fraction of sp³-hybridized carbons (Fsp3) is 0.538. The summed E-state index contributed by atoms with van der Waals surface area (Å²) < 4.78 is 5.33. The lowest BCUT2D eigenvalue weighted by Gasteiger charge is -2.29. The monoisotopic (exact) mass is 221 g/mol. The number of morpholine rings is 1. The largest absolute Gasteiger partial charge is 0.508 e. The second-order valence-electron chi connectivity index (χ2n) is 4.16. The first-order valence-electron chi connectivity index (χ1n) is 5.96. The van der Waals surface area contributed by atoms with Gasteiger partial charge in [-0.2, -0.15) is 0 Å². The van der Waals surface area contributed by atoms with Gasteiger partial charge in [-0.25, -0.2) is 0 Å².